The lowest BCUT2D eigenvalue weighted by Gasteiger charge is -2.36. The van der Waals surface area contributed by atoms with Gasteiger partial charge in [-0.1, -0.05) is 18.2 Å². The summed E-state index contributed by atoms with van der Waals surface area (Å²) >= 11 is 0. The second-order valence-corrected chi connectivity index (χ2v) is 7.17. The minimum absolute atomic E-state index is 0. The van der Waals surface area contributed by atoms with Gasteiger partial charge in [-0.25, -0.2) is 4.39 Å². The first-order chi connectivity index (χ1) is 13.7. The Kier molecular flexibility index (Phi) is 7.15. The van der Waals surface area contributed by atoms with Crippen LogP contribution in [0.2, 0.25) is 0 Å². The molecule has 2 heterocycles. The van der Waals surface area contributed by atoms with Crippen molar-refractivity contribution >= 4 is 35.8 Å². The van der Waals surface area contributed by atoms with Gasteiger partial charge in [-0.2, -0.15) is 0 Å². The molecule has 0 bridgehead atoms. The van der Waals surface area contributed by atoms with Crippen molar-refractivity contribution in [2.45, 2.75) is 25.3 Å². The van der Waals surface area contributed by atoms with E-state index in [4.69, 9.17) is 4.42 Å². The molecule has 2 atom stereocenters. The molecule has 6 nitrogen and oxygen atoms in total. The first-order valence-corrected chi connectivity index (χ1v) is 9.80. The first kappa shape index (κ1) is 21.6. The number of guanidine groups is 1. The molecule has 2 aliphatic rings. The van der Waals surface area contributed by atoms with E-state index in [2.05, 4.69) is 15.2 Å². The highest BCUT2D eigenvalue weighted by Crippen LogP contribution is 2.41. The number of halogens is 2. The summed E-state index contributed by atoms with van der Waals surface area (Å²) in [5, 5.41) is 3.50. The standard InChI is InChI=1S/C21H25FN4O2.HI/c1-2-23-21(24-18-14-16(18)15-6-3-4-7-17(15)22)26-11-9-25(10-12-26)20(27)19-8-5-13-28-19;/h3-8,13,16,18H,2,9-12,14H2,1H3,(H,23,24);1H. The molecule has 1 aliphatic carbocycles. The van der Waals surface area contributed by atoms with E-state index in [1.54, 1.807) is 23.1 Å². The van der Waals surface area contributed by atoms with Gasteiger partial charge in [0.15, 0.2) is 11.7 Å². The fourth-order valence-electron chi connectivity index (χ4n) is 3.70. The number of furan rings is 1. The molecular formula is C21H26FIN4O2. The number of nitrogens with zero attached hydrogens (tertiary/aromatic N) is 3. The minimum Gasteiger partial charge on any atom is -0.459 e. The molecule has 156 valence electrons. The summed E-state index contributed by atoms with van der Waals surface area (Å²) in [6.07, 6.45) is 2.42. The maximum absolute atomic E-state index is 14.0. The van der Waals surface area contributed by atoms with Crippen molar-refractivity contribution in [3.05, 3.63) is 59.8 Å². The van der Waals surface area contributed by atoms with Crippen molar-refractivity contribution in [3.63, 3.8) is 0 Å². The van der Waals surface area contributed by atoms with Gasteiger partial charge in [0.1, 0.15) is 5.82 Å². The molecule has 2 aromatic rings. The van der Waals surface area contributed by atoms with Gasteiger partial charge in [0, 0.05) is 44.7 Å². The summed E-state index contributed by atoms with van der Waals surface area (Å²) in [6.45, 7) is 5.31. The minimum atomic E-state index is -0.143. The maximum atomic E-state index is 14.0. The number of hydrogen-bond acceptors (Lipinski definition) is 3. The summed E-state index contributed by atoms with van der Waals surface area (Å²) in [5.41, 5.74) is 0.768. The van der Waals surface area contributed by atoms with Gasteiger partial charge in [0.25, 0.3) is 5.91 Å². The third-order valence-electron chi connectivity index (χ3n) is 5.32. The Hall–Kier alpha value is -2.10. The van der Waals surface area contributed by atoms with E-state index >= 15 is 0 Å². The third kappa shape index (κ3) is 4.91. The number of aliphatic imine (C=N–C) groups is 1. The molecule has 1 N–H and O–H groups in total. The fourth-order valence-corrected chi connectivity index (χ4v) is 3.70. The van der Waals surface area contributed by atoms with Crippen LogP contribution in [0.5, 0.6) is 0 Å². The maximum Gasteiger partial charge on any atom is 0.289 e. The Bertz CT molecular complexity index is 850. The molecular weight excluding hydrogens is 486 g/mol. The molecule has 2 fully saturated rings. The molecule has 1 aromatic carbocycles. The Morgan fingerprint density at radius 1 is 1.17 bits per heavy atom. The fraction of sp³-hybridized carbons (Fsp3) is 0.429. The number of carbonyl (C=O) groups excluding carboxylic acids is 1. The summed E-state index contributed by atoms with van der Waals surface area (Å²) in [6, 6.07) is 10.6. The molecule has 0 spiro atoms. The number of rotatable bonds is 4. The highest BCUT2D eigenvalue weighted by molar-refractivity contribution is 14.0. The van der Waals surface area contributed by atoms with Gasteiger partial charge < -0.3 is 19.5 Å². The Labute approximate surface area is 187 Å². The number of hydrogen-bond donors (Lipinski definition) is 1. The van der Waals surface area contributed by atoms with E-state index < -0.39 is 0 Å². The summed E-state index contributed by atoms with van der Waals surface area (Å²) in [7, 11) is 0. The van der Waals surface area contributed by atoms with Crippen LogP contribution in [-0.4, -0.2) is 60.4 Å². The van der Waals surface area contributed by atoms with Crippen LogP contribution in [0, 0.1) is 5.82 Å². The van der Waals surface area contributed by atoms with Gasteiger partial charge in [-0.15, -0.1) is 24.0 Å². The second kappa shape index (κ2) is 9.60. The zero-order chi connectivity index (χ0) is 19.5. The first-order valence-electron chi connectivity index (χ1n) is 9.80. The van der Waals surface area contributed by atoms with Crippen LogP contribution >= 0.6 is 24.0 Å². The normalized spacial score (nSPS) is 21.5. The lowest BCUT2D eigenvalue weighted by atomic mass is 10.1. The monoisotopic (exact) mass is 512 g/mol. The number of benzene rings is 1. The lowest BCUT2D eigenvalue weighted by molar-refractivity contribution is 0.0657. The number of amides is 1. The van der Waals surface area contributed by atoms with Crippen LogP contribution in [0.15, 0.2) is 52.1 Å². The van der Waals surface area contributed by atoms with Crippen LogP contribution in [0.3, 0.4) is 0 Å². The topological polar surface area (TPSA) is 61.1 Å². The molecule has 2 unspecified atom stereocenters. The summed E-state index contributed by atoms with van der Waals surface area (Å²) in [4.78, 5) is 21.0. The highest BCUT2D eigenvalue weighted by atomic mass is 127. The van der Waals surface area contributed by atoms with Crippen molar-refractivity contribution in [2.24, 2.45) is 4.99 Å². The van der Waals surface area contributed by atoms with Crippen LogP contribution in [0.4, 0.5) is 4.39 Å². The molecule has 1 saturated heterocycles. The molecule has 4 rings (SSSR count). The van der Waals surface area contributed by atoms with Crippen molar-refractivity contribution in [1.82, 2.24) is 15.1 Å². The van der Waals surface area contributed by atoms with E-state index in [1.165, 1.54) is 12.3 Å². The Balaban J connectivity index is 0.00000240. The Morgan fingerprint density at radius 2 is 1.90 bits per heavy atom. The zero-order valence-electron chi connectivity index (χ0n) is 16.4. The average molecular weight is 512 g/mol. The molecule has 1 saturated carbocycles. The van der Waals surface area contributed by atoms with E-state index in [0.29, 0.717) is 38.5 Å². The third-order valence-corrected chi connectivity index (χ3v) is 5.32. The van der Waals surface area contributed by atoms with Crippen molar-refractivity contribution in [1.29, 1.82) is 0 Å². The lowest BCUT2D eigenvalue weighted by Crippen LogP contribution is -2.54. The SMILES string of the molecule is CCN=C(NC1CC1c1ccccc1F)N1CCN(C(=O)c2ccco2)CC1.I. The van der Waals surface area contributed by atoms with Crippen molar-refractivity contribution in [3.8, 4) is 0 Å². The van der Waals surface area contributed by atoms with Crippen LogP contribution in [0.1, 0.15) is 35.4 Å². The van der Waals surface area contributed by atoms with Crippen molar-refractivity contribution < 1.29 is 13.6 Å². The van der Waals surface area contributed by atoms with Gasteiger partial charge in [-0.3, -0.25) is 9.79 Å². The van der Waals surface area contributed by atoms with E-state index in [1.807, 2.05) is 19.1 Å². The van der Waals surface area contributed by atoms with Crippen molar-refractivity contribution in [2.75, 3.05) is 32.7 Å². The van der Waals surface area contributed by atoms with Gasteiger partial charge in [0.05, 0.1) is 6.26 Å². The molecule has 1 aliphatic heterocycles. The number of nitrogens with one attached hydrogen (secondary N) is 1. The molecule has 29 heavy (non-hydrogen) atoms. The summed E-state index contributed by atoms with van der Waals surface area (Å²) < 4.78 is 19.2. The van der Waals surface area contributed by atoms with Crippen LogP contribution < -0.4 is 5.32 Å². The predicted octanol–water partition coefficient (Wildman–Crippen LogP) is 3.32. The van der Waals surface area contributed by atoms with E-state index in [0.717, 1.165) is 17.9 Å². The summed E-state index contributed by atoms with van der Waals surface area (Å²) in [5.74, 6) is 1.19. The Morgan fingerprint density at radius 3 is 2.55 bits per heavy atom. The number of piperazine rings is 1. The molecule has 1 amide bonds. The smallest absolute Gasteiger partial charge is 0.289 e. The quantitative estimate of drug-likeness (QED) is 0.388. The molecule has 0 radical (unpaired) electrons. The number of carbonyl (C=O) groups is 1. The predicted molar refractivity (Wildman–Crippen MR) is 120 cm³/mol. The second-order valence-electron chi connectivity index (χ2n) is 7.17. The van der Waals surface area contributed by atoms with Crippen LogP contribution in [-0.2, 0) is 0 Å². The largest absolute Gasteiger partial charge is 0.459 e. The van der Waals surface area contributed by atoms with Gasteiger partial charge in [-0.05, 0) is 37.1 Å². The molecule has 8 heteroatoms. The molecule has 1 aromatic heterocycles. The van der Waals surface area contributed by atoms with E-state index in [9.17, 15) is 9.18 Å². The zero-order valence-corrected chi connectivity index (χ0v) is 18.7. The van der Waals surface area contributed by atoms with Gasteiger partial charge in [0.2, 0.25) is 0 Å². The average Bonchev–Trinajstić information content (AvgIpc) is 3.25. The highest BCUT2D eigenvalue weighted by Gasteiger charge is 2.41. The van der Waals surface area contributed by atoms with Crippen LogP contribution in [0.25, 0.3) is 0 Å². The van der Waals surface area contributed by atoms with E-state index in [-0.39, 0.29) is 47.7 Å². The van der Waals surface area contributed by atoms with Gasteiger partial charge >= 0.3 is 0 Å².